The number of benzene rings is 2. The maximum Gasteiger partial charge on any atom is 0.326 e. The van der Waals surface area contributed by atoms with Gasteiger partial charge in [0.05, 0.1) is 12.0 Å². The van der Waals surface area contributed by atoms with Crippen LogP contribution in [0.3, 0.4) is 0 Å². The summed E-state index contributed by atoms with van der Waals surface area (Å²) in [4.78, 5) is 26.4. The minimum Gasteiger partial charge on any atom is -0.497 e. The standard InChI is InChI=1S/C20H16ClNO4S2/c1-25-16-8-4-13(5-9-16)10-17-19(24)22(20(27)28-17)11-18(23)26-12-14-2-6-15(21)7-3-14/h2-10H,11-12H2,1H3. The molecule has 2 aromatic rings. The SMILES string of the molecule is COc1ccc(C=C2SC(=S)N(CC(=O)OCc3ccc(Cl)cc3)C2=O)cc1. The van der Waals surface area contributed by atoms with Crippen LogP contribution in [0.1, 0.15) is 11.1 Å². The largest absolute Gasteiger partial charge is 0.497 e. The molecule has 0 bridgehead atoms. The van der Waals surface area contributed by atoms with Crippen molar-refractivity contribution in [3.05, 3.63) is 69.6 Å². The van der Waals surface area contributed by atoms with Crippen molar-refractivity contribution in [3.63, 3.8) is 0 Å². The summed E-state index contributed by atoms with van der Waals surface area (Å²) in [6.07, 6.45) is 1.73. The van der Waals surface area contributed by atoms with E-state index in [2.05, 4.69) is 0 Å². The predicted octanol–water partition coefficient (Wildman–Crippen LogP) is 4.29. The molecule has 0 N–H and O–H groups in total. The molecule has 0 spiro atoms. The number of rotatable bonds is 6. The highest BCUT2D eigenvalue weighted by atomic mass is 35.5. The normalized spacial score (nSPS) is 15.2. The Labute approximate surface area is 177 Å². The third-order valence-corrected chi connectivity index (χ3v) is 5.52. The lowest BCUT2D eigenvalue weighted by molar-refractivity contribution is -0.147. The van der Waals surface area contributed by atoms with E-state index in [-0.39, 0.29) is 19.1 Å². The zero-order valence-corrected chi connectivity index (χ0v) is 17.3. The molecule has 0 aromatic heterocycles. The Kier molecular flexibility index (Phi) is 6.72. The van der Waals surface area contributed by atoms with Crippen molar-refractivity contribution in [1.29, 1.82) is 0 Å². The average Bonchev–Trinajstić information content (AvgIpc) is 2.95. The molecule has 1 heterocycles. The highest BCUT2D eigenvalue weighted by Crippen LogP contribution is 2.32. The van der Waals surface area contributed by atoms with Crippen molar-refractivity contribution in [2.45, 2.75) is 6.61 Å². The van der Waals surface area contributed by atoms with Crippen LogP contribution in [0.15, 0.2) is 53.4 Å². The number of thioether (sulfide) groups is 1. The molecule has 5 nitrogen and oxygen atoms in total. The Bertz CT molecular complexity index is 926. The lowest BCUT2D eigenvalue weighted by Gasteiger charge is -2.13. The fraction of sp³-hybridized carbons (Fsp3) is 0.150. The monoisotopic (exact) mass is 433 g/mol. The first kappa shape index (κ1) is 20.4. The third kappa shape index (κ3) is 5.13. The summed E-state index contributed by atoms with van der Waals surface area (Å²) in [6.45, 7) is -0.120. The third-order valence-electron chi connectivity index (χ3n) is 3.89. The second-order valence-electron chi connectivity index (χ2n) is 5.83. The number of hydrogen-bond donors (Lipinski definition) is 0. The summed E-state index contributed by atoms with van der Waals surface area (Å²) in [5.41, 5.74) is 1.65. The van der Waals surface area contributed by atoms with Gasteiger partial charge in [0.1, 0.15) is 23.2 Å². The Balaban J connectivity index is 1.60. The van der Waals surface area contributed by atoms with Gasteiger partial charge in [-0.2, -0.15) is 0 Å². The van der Waals surface area contributed by atoms with E-state index in [0.29, 0.717) is 14.2 Å². The number of carbonyl (C=O) groups is 2. The molecule has 2 aromatic carbocycles. The summed E-state index contributed by atoms with van der Waals surface area (Å²) in [7, 11) is 1.59. The first-order valence-electron chi connectivity index (χ1n) is 8.26. The molecule has 0 aliphatic carbocycles. The average molecular weight is 434 g/mol. The molecule has 1 amide bonds. The lowest BCUT2D eigenvalue weighted by Crippen LogP contribution is -2.34. The Hall–Kier alpha value is -2.35. The quantitative estimate of drug-likeness (QED) is 0.384. The van der Waals surface area contributed by atoms with E-state index < -0.39 is 5.97 Å². The first-order valence-corrected chi connectivity index (χ1v) is 9.86. The van der Waals surface area contributed by atoms with Crippen molar-refractivity contribution >= 4 is 57.9 Å². The second-order valence-corrected chi connectivity index (χ2v) is 7.94. The van der Waals surface area contributed by atoms with Gasteiger partial charge in [0, 0.05) is 5.02 Å². The summed E-state index contributed by atoms with van der Waals surface area (Å²) < 4.78 is 10.7. The van der Waals surface area contributed by atoms with Crippen LogP contribution in [-0.4, -0.2) is 34.8 Å². The summed E-state index contributed by atoms with van der Waals surface area (Å²) in [5.74, 6) is -0.112. The van der Waals surface area contributed by atoms with Crippen LogP contribution >= 0.6 is 35.6 Å². The minimum atomic E-state index is -0.531. The van der Waals surface area contributed by atoms with Gasteiger partial charge in [-0.05, 0) is 41.5 Å². The van der Waals surface area contributed by atoms with E-state index in [4.69, 9.17) is 33.3 Å². The van der Waals surface area contributed by atoms with Crippen molar-refractivity contribution < 1.29 is 19.1 Å². The molecule has 0 radical (unpaired) electrons. The number of carbonyl (C=O) groups excluding carboxylic acids is 2. The van der Waals surface area contributed by atoms with Gasteiger partial charge in [0.2, 0.25) is 0 Å². The Morgan fingerprint density at radius 2 is 1.86 bits per heavy atom. The van der Waals surface area contributed by atoms with Crippen LogP contribution in [0.25, 0.3) is 6.08 Å². The van der Waals surface area contributed by atoms with Crippen LogP contribution in [0, 0.1) is 0 Å². The minimum absolute atomic E-state index is 0.104. The van der Waals surface area contributed by atoms with Crippen LogP contribution in [-0.2, 0) is 20.9 Å². The second kappa shape index (κ2) is 9.23. The van der Waals surface area contributed by atoms with Crippen molar-refractivity contribution in [2.75, 3.05) is 13.7 Å². The molecule has 28 heavy (non-hydrogen) atoms. The molecule has 1 fully saturated rings. The maximum absolute atomic E-state index is 12.6. The predicted molar refractivity (Wildman–Crippen MR) is 114 cm³/mol. The van der Waals surface area contributed by atoms with E-state index in [9.17, 15) is 9.59 Å². The van der Waals surface area contributed by atoms with Gasteiger partial charge in [0.15, 0.2) is 0 Å². The number of esters is 1. The number of hydrogen-bond acceptors (Lipinski definition) is 6. The maximum atomic E-state index is 12.6. The zero-order chi connectivity index (χ0) is 20.1. The van der Waals surface area contributed by atoms with Crippen LogP contribution in [0.5, 0.6) is 5.75 Å². The van der Waals surface area contributed by atoms with Gasteiger partial charge in [0.25, 0.3) is 5.91 Å². The van der Waals surface area contributed by atoms with E-state index >= 15 is 0 Å². The summed E-state index contributed by atoms with van der Waals surface area (Å²) in [6, 6.07) is 14.3. The first-order chi connectivity index (χ1) is 13.5. The number of methoxy groups -OCH3 is 1. The molecule has 0 atom stereocenters. The van der Waals surface area contributed by atoms with Crippen LogP contribution in [0.2, 0.25) is 5.02 Å². The highest BCUT2D eigenvalue weighted by Gasteiger charge is 2.33. The van der Waals surface area contributed by atoms with E-state index in [0.717, 1.165) is 28.6 Å². The smallest absolute Gasteiger partial charge is 0.326 e. The van der Waals surface area contributed by atoms with Crippen molar-refractivity contribution in [1.82, 2.24) is 4.90 Å². The van der Waals surface area contributed by atoms with E-state index in [1.165, 1.54) is 4.90 Å². The van der Waals surface area contributed by atoms with Gasteiger partial charge in [-0.3, -0.25) is 14.5 Å². The fourth-order valence-corrected chi connectivity index (χ4v) is 3.79. The lowest BCUT2D eigenvalue weighted by atomic mass is 10.2. The molecular weight excluding hydrogens is 418 g/mol. The number of ether oxygens (including phenoxy) is 2. The van der Waals surface area contributed by atoms with Gasteiger partial charge < -0.3 is 9.47 Å². The van der Waals surface area contributed by atoms with Gasteiger partial charge >= 0.3 is 5.97 Å². The Morgan fingerprint density at radius 1 is 1.18 bits per heavy atom. The number of halogens is 1. The molecule has 144 valence electrons. The number of amides is 1. The van der Waals surface area contributed by atoms with E-state index in [1.54, 1.807) is 49.6 Å². The molecule has 3 rings (SSSR count). The molecule has 1 aliphatic heterocycles. The molecule has 0 unspecified atom stereocenters. The molecular formula is C20H16ClNO4S2. The molecule has 8 heteroatoms. The van der Waals surface area contributed by atoms with Gasteiger partial charge in [-0.1, -0.05) is 59.8 Å². The molecule has 1 saturated heterocycles. The van der Waals surface area contributed by atoms with Crippen LogP contribution < -0.4 is 4.74 Å². The summed E-state index contributed by atoms with van der Waals surface area (Å²) in [5, 5.41) is 0.608. The van der Waals surface area contributed by atoms with Crippen molar-refractivity contribution in [3.8, 4) is 5.75 Å². The van der Waals surface area contributed by atoms with E-state index in [1.807, 2.05) is 12.1 Å². The molecule has 0 saturated carbocycles. The zero-order valence-electron chi connectivity index (χ0n) is 14.9. The van der Waals surface area contributed by atoms with Gasteiger partial charge in [-0.25, -0.2) is 0 Å². The topological polar surface area (TPSA) is 55.8 Å². The number of thiocarbonyl (C=S) groups is 1. The van der Waals surface area contributed by atoms with Gasteiger partial charge in [-0.15, -0.1) is 0 Å². The molecule has 1 aliphatic rings. The van der Waals surface area contributed by atoms with Crippen molar-refractivity contribution in [2.24, 2.45) is 0 Å². The number of nitrogens with zero attached hydrogens (tertiary/aromatic N) is 1. The highest BCUT2D eigenvalue weighted by molar-refractivity contribution is 8.26. The van der Waals surface area contributed by atoms with Crippen LogP contribution in [0.4, 0.5) is 0 Å². The Morgan fingerprint density at radius 3 is 2.50 bits per heavy atom. The fourth-order valence-electron chi connectivity index (χ4n) is 2.41. The summed E-state index contributed by atoms with van der Waals surface area (Å²) >= 11 is 12.2.